The number of nitrogens with zero attached hydrogens (tertiary/aromatic N) is 3. The summed E-state index contributed by atoms with van der Waals surface area (Å²) in [6.07, 6.45) is 1.52. The lowest BCUT2D eigenvalue weighted by Crippen LogP contribution is -2.27. The smallest absolute Gasteiger partial charge is 0.344 e. The van der Waals surface area contributed by atoms with Gasteiger partial charge in [0, 0.05) is 12.6 Å². The van der Waals surface area contributed by atoms with Crippen molar-refractivity contribution in [3.8, 4) is 0 Å². The molecule has 0 spiro atoms. The largest absolute Gasteiger partial charge is 0.384 e. The minimum absolute atomic E-state index is 0.108. The van der Waals surface area contributed by atoms with E-state index in [-0.39, 0.29) is 6.54 Å². The van der Waals surface area contributed by atoms with E-state index in [1.807, 2.05) is 0 Å². The lowest BCUT2D eigenvalue weighted by molar-refractivity contribution is 0.733. The minimum Gasteiger partial charge on any atom is -0.384 e. The maximum absolute atomic E-state index is 11.2. The molecular formula is C7H10N6O2. The molecule has 2 aromatic heterocycles. The van der Waals surface area contributed by atoms with Gasteiger partial charge in [0.25, 0.3) is 0 Å². The van der Waals surface area contributed by atoms with E-state index >= 15 is 0 Å². The summed E-state index contributed by atoms with van der Waals surface area (Å²) in [6.45, 7) is 0.108. The maximum Gasteiger partial charge on any atom is 0.344 e. The molecule has 0 aliphatic carbocycles. The summed E-state index contributed by atoms with van der Waals surface area (Å²) >= 11 is 0. The van der Waals surface area contributed by atoms with E-state index in [2.05, 4.69) is 15.3 Å². The number of aryl methyl sites for hydroxylation is 1. The Morgan fingerprint density at radius 2 is 2.00 bits per heavy atom. The van der Waals surface area contributed by atoms with Crippen molar-refractivity contribution in [1.82, 2.24) is 24.5 Å². The van der Waals surface area contributed by atoms with Gasteiger partial charge in [-0.15, -0.1) is 0 Å². The van der Waals surface area contributed by atoms with Gasteiger partial charge in [0.15, 0.2) is 0 Å². The zero-order chi connectivity index (χ0) is 11.0. The molecule has 0 fully saturated rings. The van der Waals surface area contributed by atoms with Gasteiger partial charge in [0.05, 0.1) is 12.7 Å². The third kappa shape index (κ3) is 1.45. The van der Waals surface area contributed by atoms with Gasteiger partial charge in [-0.3, -0.25) is 4.68 Å². The predicted molar refractivity (Wildman–Crippen MR) is 52.4 cm³/mol. The van der Waals surface area contributed by atoms with Gasteiger partial charge in [-0.2, -0.15) is 5.10 Å². The molecule has 80 valence electrons. The topological polar surface area (TPSA) is 114 Å². The van der Waals surface area contributed by atoms with Crippen molar-refractivity contribution in [1.29, 1.82) is 0 Å². The van der Waals surface area contributed by atoms with E-state index in [0.717, 1.165) is 4.57 Å². The highest BCUT2D eigenvalue weighted by atomic mass is 16.2. The summed E-state index contributed by atoms with van der Waals surface area (Å²) in [5.74, 6) is 0.433. The number of hydrogen-bond donors (Lipinski definition) is 3. The molecule has 0 saturated heterocycles. The number of rotatable bonds is 2. The van der Waals surface area contributed by atoms with Gasteiger partial charge in [-0.25, -0.2) is 24.4 Å². The van der Waals surface area contributed by atoms with Gasteiger partial charge in [-0.05, 0) is 0 Å². The molecule has 8 heteroatoms. The van der Waals surface area contributed by atoms with Crippen molar-refractivity contribution >= 4 is 5.82 Å². The molecule has 0 aliphatic heterocycles. The van der Waals surface area contributed by atoms with E-state index in [1.54, 1.807) is 7.05 Å². The van der Waals surface area contributed by atoms with Gasteiger partial charge < -0.3 is 5.73 Å². The summed E-state index contributed by atoms with van der Waals surface area (Å²) in [5, 5.41) is 8.28. The molecule has 2 heterocycles. The summed E-state index contributed by atoms with van der Waals surface area (Å²) in [5.41, 5.74) is 5.32. The Labute approximate surface area is 83.3 Å². The number of nitrogen functional groups attached to an aromatic ring is 1. The Hall–Kier alpha value is -2.25. The van der Waals surface area contributed by atoms with E-state index in [4.69, 9.17) is 5.73 Å². The van der Waals surface area contributed by atoms with Crippen molar-refractivity contribution < 1.29 is 0 Å². The van der Waals surface area contributed by atoms with Crippen molar-refractivity contribution in [3.05, 3.63) is 32.7 Å². The second kappa shape index (κ2) is 3.15. The molecule has 0 saturated carbocycles. The number of anilines is 1. The number of nitrogens with two attached hydrogens (primary N) is 1. The number of aromatic amines is 2. The van der Waals surface area contributed by atoms with Crippen LogP contribution in [-0.4, -0.2) is 24.5 Å². The van der Waals surface area contributed by atoms with Gasteiger partial charge in [0.2, 0.25) is 0 Å². The molecule has 0 radical (unpaired) electrons. The first-order valence-corrected chi connectivity index (χ1v) is 4.23. The van der Waals surface area contributed by atoms with Gasteiger partial charge >= 0.3 is 11.4 Å². The molecule has 0 amide bonds. The molecule has 2 aromatic rings. The van der Waals surface area contributed by atoms with Crippen LogP contribution < -0.4 is 17.1 Å². The maximum atomic E-state index is 11.2. The van der Waals surface area contributed by atoms with Crippen LogP contribution in [0.3, 0.4) is 0 Å². The fourth-order valence-corrected chi connectivity index (χ4v) is 1.26. The third-order valence-corrected chi connectivity index (χ3v) is 2.16. The van der Waals surface area contributed by atoms with Crippen molar-refractivity contribution in [2.24, 2.45) is 7.05 Å². The van der Waals surface area contributed by atoms with Crippen LogP contribution in [0.25, 0.3) is 0 Å². The highest BCUT2D eigenvalue weighted by molar-refractivity contribution is 5.38. The standard InChI is InChI=1S/C7H10N6O2/c1-12-5(8)4(2-9-12)3-13-6(14)10-11-7(13)15/h2H,3,8H2,1H3,(H,10,14)(H,11,15). The lowest BCUT2D eigenvalue weighted by atomic mass is 10.3. The van der Waals surface area contributed by atoms with E-state index in [9.17, 15) is 9.59 Å². The number of hydrogen-bond acceptors (Lipinski definition) is 4. The quantitative estimate of drug-likeness (QED) is 0.544. The molecule has 2 rings (SSSR count). The monoisotopic (exact) mass is 210 g/mol. The van der Waals surface area contributed by atoms with Crippen LogP contribution in [0.1, 0.15) is 5.56 Å². The summed E-state index contributed by atoms with van der Waals surface area (Å²) in [4.78, 5) is 22.3. The summed E-state index contributed by atoms with van der Waals surface area (Å²) < 4.78 is 2.48. The van der Waals surface area contributed by atoms with Crippen LogP contribution in [-0.2, 0) is 13.6 Å². The fraction of sp³-hybridized carbons (Fsp3) is 0.286. The molecule has 0 atom stereocenters. The Morgan fingerprint density at radius 1 is 1.40 bits per heavy atom. The first kappa shape index (κ1) is 9.31. The minimum atomic E-state index is -0.497. The first-order valence-electron chi connectivity index (χ1n) is 4.23. The molecule has 4 N–H and O–H groups in total. The van der Waals surface area contributed by atoms with Crippen LogP contribution in [0.15, 0.2) is 15.8 Å². The Kier molecular flexibility index (Phi) is 1.96. The van der Waals surface area contributed by atoms with E-state index in [0.29, 0.717) is 11.4 Å². The molecule has 15 heavy (non-hydrogen) atoms. The van der Waals surface area contributed by atoms with Gasteiger partial charge in [0.1, 0.15) is 5.82 Å². The molecule has 0 unspecified atom stereocenters. The van der Waals surface area contributed by atoms with Crippen molar-refractivity contribution in [2.75, 3.05) is 5.73 Å². The molecule has 8 nitrogen and oxygen atoms in total. The van der Waals surface area contributed by atoms with Crippen LogP contribution in [0.5, 0.6) is 0 Å². The highest BCUT2D eigenvalue weighted by Gasteiger charge is 2.09. The molecule has 0 aromatic carbocycles. The van der Waals surface area contributed by atoms with Crippen LogP contribution in [0.4, 0.5) is 5.82 Å². The second-order valence-corrected chi connectivity index (χ2v) is 3.13. The fourth-order valence-electron chi connectivity index (χ4n) is 1.26. The van der Waals surface area contributed by atoms with E-state index in [1.165, 1.54) is 10.9 Å². The Balaban J connectivity index is 2.42. The SMILES string of the molecule is Cn1ncc(Cn2c(=O)[nH][nH]c2=O)c1N. The number of H-pyrrole nitrogens is 2. The third-order valence-electron chi connectivity index (χ3n) is 2.16. The second-order valence-electron chi connectivity index (χ2n) is 3.13. The van der Waals surface area contributed by atoms with Crippen LogP contribution in [0, 0.1) is 0 Å². The average Bonchev–Trinajstić information content (AvgIpc) is 2.68. The molecule has 0 bridgehead atoms. The predicted octanol–water partition coefficient (Wildman–Crippen LogP) is -1.77. The number of aromatic nitrogens is 5. The van der Waals surface area contributed by atoms with E-state index < -0.39 is 11.4 Å². The highest BCUT2D eigenvalue weighted by Crippen LogP contribution is 2.08. The first-order chi connectivity index (χ1) is 7.09. The molecule has 0 aliphatic rings. The average molecular weight is 210 g/mol. The number of nitrogens with one attached hydrogen (secondary N) is 2. The molecular weight excluding hydrogens is 200 g/mol. The van der Waals surface area contributed by atoms with Crippen molar-refractivity contribution in [3.63, 3.8) is 0 Å². The Bertz CT molecular complexity index is 558. The van der Waals surface area contributed by atoms with Gasteiger partial charge in [-0.1, -0.05) is 0 Å². The Morgan fingerprint density at radius 3 is 2.47 bits per heavy atom. The van der Waals surface area contributed by atoms with Crippen LogP contribution >= 0.6 is 0 Å². The zero-order valence-electron chi connectivity index (χ0n) is 8.02. The zero-order valence-corrected chi connectivity index (χ0v) is 8.02. The summed E-state index contributed by atoms with van der Waals surface area (Å²) in [6, 6.07) is 0. The summed E-state index contributed by atoms with van der Waals surface area (Å²) in [7, 11) is 1.68. The van der Waals surface area contributed by atoms with Crippen molar-refractivity contribution in [2.45, 2.75) is 6.54 Å². The van der Waals surface area contributed by atoms with Crippen LogP contribution in [0.2, 0.25) is 0 Å². The normalized spacial score (nSPS) is 10.7. The lowest BCUT2D eigenvalue weighted by Gasteiger charge is -1.98.